The molecule has 0 amide bonds. The number of carbonyl (C=O) groups is 2. The van der Waals surface area contributed by atoms with E-state index in [-0.39, 0.29) is 19.1 Å². The second-order valence-corrected chi connectivity index (χ2v) is 4.17. The molecule has 0 radical (unpaired) electrons. The van der Waals surface area contributed by atoms with Crippen LogP contribution in [0.3, 0.4) is 0 Å². The average molecular weight is 251 g/mol. The number of hydrogen-bond donors (Lipinski definition) is 0. The topological polar surface area (TPSA) is 52.6 Å². The Morgan fingerprint density at radius 3 is 1.69 bits per heavy atom. The molecular formula is C11H19ClO4. The summed E-state index contributed by atoms with van der Waals surface area (Å²) in [6.45, 7) is 7.47. The van der Waals surface area contributed by atoms with Gasteiger partial charge in [0.1, 0.15) is 0 Å². The lowest BCUT2D eigenvalue weighted by molar-refractivity contribution is -0.162. The van der Waals surface area contributed by atoms with Crippen LogP contribution in [0.1, 0.15) is 27.7 Å². The first-order valence-corrected chi connectivity index (χ1v) is 5.86. The lowest BCUT2D eigenvalue weighted by Crippen LogP contribution is -2.37. The Balaban J connectivity index is 4.75. The van der Waals surface area contributed by atoms with E-state index in [0.29, 0.717) is 0 Å². The Morgan fingerprint density at radius 1 is 1.06 bits per heavy atom. The van der Waals surface area contributed by atoms with Crippen molar-refractivity contribution in [1.82, 2.24) is 0 Å². The van der Waals surface area contributed by atoms with Crippen molar-refractivity contribution in [1.29, 1.82) is 0 Å². The van der Waals surface area contributed by atoms with Crippen molar-refractivity contribution < 1.29 is 19.1 Å². The third-order valence-corrected chi connectivity index (χ3v) is 2.79. The van der Waals surface area contributed by atoms with Crippen LogP contribution in [0.25, 0.3) is 0 Å². The van der Waals surface area contributed by atoms with Crippen LogP contribution in [-0.4, -0.2) is 30.5 Å². The molecule has 4 nitrogen and oxygen atoms in total. The van der Waals surface area contributed by atoms with Crippen molar-refractivity contribution in [3.63, 3.8) is 0 Å². The lowest BCUT2D eigenvalue weighted by atomic mass is 9.96. The van der Waals surface area contributed by atoms with Crippen molar-refractivity contribution in [2.24, 2.45) is 11.8 Å². The van der Waals surface area contributed by atoms with Gasteiger partial charge in [-0.15, -0.1) is 11.6 Å². The molecule has 16 heavy (non-hydrogen) atoms. The minimum Gasteiger partial charge on any atom is -0.465 e. The molecule has 0 N–H and O–H groups in total. The van der Waals surface area contributed by atoms with Crippen molar-refractivity contribution >= 4 is 23.5 Å². The number of alkyl halides is 1. The van der Waals surface area contributed by atoms with Crippen LogP contribution in [0.5, 0.6) is 0 Å². The van der Waals surface area contributed by atoms with Gasteiger partial charge in [-0.3, -0.25) is 9.59 Å². The van der Waals surface area contributed by atoms with Gasteiger partial charge in [0.05, 0.1) is 18.6 Å². The molecule has 0 heterocycles. The molecule has 0 saturated heterocycles. The van der Waals surface area contributed by atoms with E-state index in [4.69, 9.17) is 21.1 Å². The number of carbonyl (C=O) groups excluding carboxylic acids is 2. The largest absolute Gasteiger partial charge is 0.465 e. The molecule has 5 heteroatoms. The third-order valence-electron chi connectivity index (χ3n) is 2.04. The number of ether oxygens (including phenoxy) is 2. The van der Waals surface area contributed by atoms with Crippen LogP contribution < -0.4 is 0 Å². The first kappa shape index (κ1) is 15.2. The summed E-state index contributed by atoms with van der Waals surface area (Å²) in [7, 11) is 0. The number of esters is 2. The molecule has 0 bridgehead atoms. The molecule has 0 aliphatic rings. The van der Waals surface area contributed by atoms with Crippen molar-refractivity contribution in [2.45, 2.75) is 33.1 Å². The third kappa shape index (κ3) is 4.39. The van der Waals surface area contributed by atoms with Gasteiger partial charge in [0, 0.05) is 0 Å². The summed E-state index contributed by atoms with van der Waals surface area (Å²) in [4.78, 5) is 23.2. The molecule has 0 aliphatic carbocycles. The first-order valence-electron chi connectivity index (χ1n) is 5.42. The van der Waals surface area contributed by atoms with Gasteiger partial charge in [-0.05, 0) is 19.8 Å². The second-order valence-electron chi connectivity index (χ2n) is 3.67. The Hall–Kier alpha value is -0.770. The van der Waals surface area contributed by atoms with Gasteiger partial charge in [-0.2, -0.15) is 0 Å². The summed E-state index contributed by atoms with van der Waals surface area (Å²) in [5.74, 6) is -2.29. The maximum Gasteiger partial charge on any atom is 0.321 e. The van der Waals surface area contributed by atoms with Crippen LogP contribution in [-0.2, 0) is 19.1 Å². The molecule has 0 saturated carbocycles. The highest BCUT2D eigenvalue weighted by Crippen LogP contribution is 2.22. The van der Waals surface area contributed by atoms with Crippen LogP contribution in [0.15, 0.2) is 0 Å². The smallest absolute Gasteiger partial charge is 0.321 e. The predicted octanol–water partition coefficient (Wildman–Crippen LogP) is 1.99. The number of rotatable bonds is 6. The molecule has 0 rings (SSSR count). The van der Waals surface area contributed by atoms with Gasteiger partial charge in [0.15, 0.2) is 5.92 Å². The van der Waals surface area contributed by atoms with Gasteiger partial charge in [0.2, 0.25) is 0 Å². The summed E-state index contributed by atoms with van der Waals surface area (Å²) >= 11 is 6.04. The number of halogens is 1. The van der Waals surface area contributed by atoms with Gasteiger partial charge >= 0.3 is 11.9 Å². The van der Waals surface area contributed by atoms with Gasteiger partial charge in [-0.25, -0.2) is 0 Å². The molecule has 94 valence electrons. The van der Waals surface area contributed by atoms with Crippen LogP contribution in [0, 0.1) is 11.8 Å². The zero-order valence-electron chi connectivity index (χ0n) is 10.2. The molecule has 0 spiro atoms. The predicted molar refractivity (Wildman–Crippen MR) is 61.2 cm³/mol. The fourth-order valence-corrected chi connectivity index (χ4v) is 1.41. The van der Waals surface area contributed by atoms with E-state index < -0.39 is 23.2 Å². The molecule has 1 atom stereocenters. The Morgan fingerprint density at radius 2 is 1.44 bits per heavy atom. The highest BCUT2D eigenvalue weighted by atomic mass is 35.5. The zero-order chi connectivity index (χ0) is 12.7. The van der Waals surface area contributed by atoms with E-state index in [1.165, 1.54) is 0 Å². The summed E-state index contributed by atoms with van der Waals surface area (Å²) < 4.78 is 9.64. The lowest BCUT2D eigenvalue weighted by Gasteiger charge is -2.21. The molecule has 1 unspecified atom stereocenters. The fourth-order valence-electron chi connectivity index (χ4n) is 1.21. The van der Waals surface area contributed by atoms with E-state index in [9.17, 15) is 9.59 Å². The van der Waals surface area contributed by atoms with E-state index in [2.05, 4.69) is 0 Å². The van der Waals surface area contributed by atoms with E-state index in [1.807, 2.05) is 13.8 Å². The molecule has 0 aliphatic heterocycles. The fraction of sp³-hybridized carbons (Fsp3) is 0.818. The Bertz CT molecular complexity index is 222. The normalized spacial score (nSPS) is 12.7. The second kappa shape index (κ2) is 7.49. The SMILES string of the molecule is CCOC(=O)C(C(=O)OCC)C(Cl)C(C)C. The molecular weight excluding hydrogens is 232 g/mol. The highest BCUT2D eigenvalue weighted by molar-refractivity contribution is 6.24. The van der Waals surface area contributed by atoms with Gasteiger partial charge < -0.3 is 9.47 Å². The van der Waals surface area contributed by atoms with E-state index >= 15 is 0 Å². The highest BCUT2D eigenvalue weighted by Gasteiger charge is 2.37. The zero-order valence-corrected chi connectivity index (χ0v) is 10.9. The maximum atomic E-state index is 11.6. The van der Waals surface area contributed by atoms with E-state index in [1.54, 1.807) is 13.8 Å². The van der Waals surface area contributed by atoms with Gasteiger partial charge in [0.25, 0.3) is 0 Å². The summed E-state index contributed by atoms with van der Waals surface area (Å²) in [5.41, 5.74) is 0. The molecule has 0 aromatic heterocycles. The van der Waals surface area contributed by atoms with Crippen molar-refractivity contribution in [2.75, 3.05) is 13.2 Å². The quantitative estimate of drug-likeness (QED) is 0.411. The Labute approximate surface area is 101 Å². The average Bonchev–Trinajstić information content (AvgIpc) is 2.18. The molecule has 0 aromatic carbocycles. The van der Waals surface area contributed by atoms with Gasteiger partial charge in [-0.1, -0.05) is 13.8 Å². The molecule has 0 fully saturated rings. The van der Waals surface area contributed by atoms with Crippen LogP contribution >= 0.6 is 11.6 Å². The maximum absolute atomic E-state index is 11.6. The van der Waals surface area contributed by atoms with Crippen LogP contribution in [0.4, 0.5) is 0 Å². The monoisotopic (exact) mass is 250 g/mol. The minimum absolute atomic E-state index is 0.0134. The van der Waals surface area contributed by atoms with Crippen LogP contribution in [0.2, 0.25) is 0 Å². The van der Waals surface area contributed by atoms with Crippen molar-refractivity contribution in [3.8, 4) is 0 Å². The summed E-state index contributed by atoms with van der Waals surface area (Å²) in [5, 5.41) is -0.613. The van der Waals surface area contributed by atoms with Crippen molar-refractivity contribution in [3.05, 3.63) is 0 Å². The first-order chi connectivity index (χ1) is 7.45. The number of hydrogen-bond acceptors (Lipinski definition) is 4. The van der Waals surface area contributed by atoms with E-state index in [0.717, 1.165) is 0 Å². The summed E-state index contributed by atoms with van der Waals surface area (Å²) in [6, 6.07) is 0. The standard InChI is InChI=1S/C11H19ClO4/c1-5-15-10(13)8(9(12)7(3)4)11(14)16-6-2/h7-9H,5-6H2,1-4H3. The minimum atomic E-state index is -1.04. The summed E-state index contributed by atoms with van der Waals surface area (Å²) in [6.07, 6.45) is 0. The Kier molecular flexibility index (Phi) is 7.13. The molecule has 0 aromatic rings.